The Hall–Kier alpha value is -3.56. The first-order valence-corrected chi connectivity index (χ1v) is 8.13. The lowest BCUT2D eigenvalue weighted by Gasteiger charge is -2.09. The fourth-order valence-corrected chi connectivity index (χ4v) is 2.41. The highest BCUT2D eigenvalue weighted by Gasteiger charge is 2.30. The first-order chi connectivity index (χ1) is 13.3. The maximum Gasteiger partial charge on any atom is 0.573 e. The summed E-state index contributed by atoms with van der Waals surface area (Å²) in [6.45, 7) is -0.145. The molecule has 0 saturated heterocycles. The fraction of sp³-hybridized carbons (Fsp3) is 0.167. The van der Waals surface area contributed by atoms with Gasteiger partial charge in [-0.15, -0.1) is 13.2 Å². The molecule has 0 fully saturated rings. The number of hydrogen-bond donors (Lipinski definition) is 1. The van der Waals surface area contributed by atoms with Crippen LogP contribution in [-0.2, 0) is 17.9 Å². The largest absolute Gasteiger partial charge is 0.573 e. The van der Waals surface area contributed by atoms with Gasteiger partial charge < -0.3 is 10.1 Å². The van der Waals surface area contributed by atoms with Crippen LogP contribution in [0.25, 0.3) is 5.69 Å². The van der Waals surface area contributed by atoms with Crippen molar-refractivity contribution in [1.29, 1.82) is 0 Å². The predicted molar refractivity (Wildman–Crippen MR) is 92.8 cm³/mol. The van der Waals surface area contributed by atoms with Gasteiger partial charge in [-0.05, 0) is 29.8 Å². The normalized spacial score (nSPS) is 11.2. The summed E-state index contributed by atoms with van der Waals surface area (Å²) in [6, 6.07) is 13.9. The van der Waals surface area contributed by atoms with Gasteiger partial charge >= 0.3 is 12.1 Å². The summed E-state index contributed by atoms with van der Waals surface area (Å²) in [4.78, 5) is 24.4. The molecule has 0 saturated carbocycles. The monoisotopic (exact) mass is 392 g/mol. The zero-order chi connectivity index (χ0) is 20.1. The summed E-state index contributed by atoms with van der Waals surface area (Å²) in [6.07, 6.45) is -3.49. The number of para-hydroxylation sites is 1. The lowest BCUT2D eigenvalue weighted by atomic mass is 10.2. The van der Waals surface area contributed by atoms with E-state index in [0.29, 0.717) is 11.3 Å². The Labute approximate surface area is 157 Å². The van der Waals surface area contributed by atoms with Crippen molar-refractivity contribution < 1.29 is 22.7 Å². The van der Waals surface area contributed by atoms with Gasteiger partial charge in [0, 0.05) is 6.54 Å². The zero-order valence-corrected chi connectivity index (χ0v) is 14.4. The summed E-state index contributed by atoms with van der Waals surface area (Å²) in [5.74, 6) is -0.784. The molecule has 28 heavy (non-hydrogen) atoms. The number of halogens is 3. The number of rotatable bonds is 6. The zero-order valence-electron chi connectivity index (χ0n) is 14.4. The van der Waals surface area contributed by atoms with Gasteiger partial charge in [0.2, 0.25) is 5.91 Å². The van der Waals surface area contributed by atoms with Crippen LogP contribution in [0.1, 0.15) is 5.56 Å². The van der Waals surface area contributed by atoms with Gasteiger partial charge in [0.25, 0.3) is 0 Å². The van der Waals surface area contributed by atoms with E-state index in [1.165, 1.54) is 23.1 Å². The van der Waals surface area contributed by atoms with Crippen LogP contribution in [-0.4, -0.2) is 26.6 Å². The quantitative estimate of drug-likeness (QED) is 0.698. The van der Waals surface area contributed by atoms with Crippen LogP contribution in [0.2, 0.25) is 0 Å². The second-order valence-corrected chi connectivity index (χ2v) is 5.76. The van der Waals surface area contributed by atoms with Crippen molar-refractivity contribution in [3.63, 3.8) is 0 Å². The van der Waals surface area contributed by atoms with E-state index in [4.69, 9.17) is 0 Å². The van der Waals surface area contributed by atoms with E-state index in [-0.39, 0.29) is 18.8 Å². The van der Waals surface area contributed by atoms with Crippen LogP contribution >= 0.6 is 0 Å². The topological polar surface area (TPSA) is 78.2 Å². The predicted octanol–water partition coefficient (Wildman–Crippen LogP) is 2.25. The lowest BCUT2D eigenvalue weighted by Crippen LogP contribution is -2.32. The highest BCUT2D eigenvalue weighted by molar-refractivity contribution is 5.75. The lowest BCUT2D eigenvalue weighted by molar-refractivity contribution is -0.274. The Morgan fingerprint density at radius 2 is 1.75 bits per heavy atom. The van der Waals surface area contributed by atoms with E-state index in [1.54, 1.807) is 30.3 Å². The van der Waals surface area contributed by atoms with Gasteiger partial charge in [-0.25, -0.2) is 4.79 Å². The molecule has 0 aliphatic heterocycles. The molecule has 1 amide bonds. The molecule has 7 nitrogen and oxygen atoms in total. The molecule has 1 heterocycles. The Bertz CT molecular complexity index is 995. The van der Waals surface area contributed by atoms with Crippen LogP contribution in [0.4, 0.5) is 13.2 Å². The third kappa shape index (κ3) is 5.00. The molecule has 0 atom stereocenters. The number of hydrogen-bond acceptors (Lipinski definition) is 4. The van der Waals surface area contributed by atoms with Crippen LogP contribution in [0.5, 0.6) is 5.75 Å². The molecule has 0 spiro atoms. The standard InChI is InChI=1S/C18H15F3N4O3/c19-18(20,21)28-15-8-6-13(7-9-15)10-22-16(26)11-24-12-23-25(17(24)27)14-4-2-1-3-5-14/h1-9,12H,10-11H2,(H,22,26). The smallest absolute Gasteiger partial charge is 0.406 e. The number of alkyl halides is 3. The number of nitrogens with zero attached hydrogens (tertiary/aromatic N) is 3. The van der Waals surface area contributed by atoms with E-state index in [0.717, 1.165) is 16.7 Å². The van der Waals surface area contributed by atoms with Crippen molar-refractivity contribution in [2.75, 3.05) is 0 Å². The minimum absolute atomic E-state index is 0.0900. The van der Waals surface area contributed by atoms with Crippen molar-refractivity contribution in [3.8, 4) is 11.4 Å². The van der Waals surface area contributed by atoms with E-state index in [9.17, 15) is 22.8 Å². The van der Waals surface area contributed by atoms with Crippen molar-refractivity contribution in [2.45, 2.75) is 19.5 Å². The number of carbonyl (C=O) groups is 1. The molecule has 0 unspecified atom stereocenters. The molecule has 3 aromatic rings. The molecule has 3 rings (SSSR count). The SMILES string of the molecule is O=C(Cn1cnn(-c2ccccc2)c1=O)NCc1ccc(OC(F)(F)F)cc1. The minimum atomic E-state index is -4.76. The fourth-order valence-electron chi connectivity index (χ4n) is 2.41. The maximum absolute atomic E-state index is 12.3. The van der Waals surface area contributed by atoms with Gasteiger partial charge in [0.05, 0.1) is 5.69 Å². The van der Waals surface area contributed by atoms with Gasteiger partial charge in [0.1, 0.15) is 18.6 Å². The molecular weight excluding hydrogens is 377 g/mol. The van der Waals surface area contributed by atoms with E-state index in [2.05, 4.69) is 15.2 Å². The average molecular weight is 392 g/mol. The number of ether oxygens (including phenoxy) is 1. The molecule has 1 aromatic heterocycles. The molecule has 10 heteroatoms. The Balaban J connectivity index is 1.57. The number of aromatic nitrogens is 3. The van der Waals surface area contributed by atoms with Crippen molar-refractivity contribution in [1.82, 2.24) is 19.7 Å². The molecular formula is C18H15F3N4O3. The third-order valence-corrected chi connectivity index (χ3v) is 3.69. The molecule has 146 valence electrons. The molecule has 0 aliphatic carbocycles. The summed E-state index contributed by atoms with van der Waals surface area (Å²) in [5, 5.41) is 6.57. The van der Waals surface area contributed by atoms with Gasteiger partial charge in [-0.2, -0.15) is 9.78 Å². The minimum Gasteiger partial charge on any atom is -0.406 e. The number of nitrogens with one attached hydrogen (secondary N) is 1. The number of carbonyl (C=O) groups excluding carboxylic acids is 1. The Morgan fingerprint density at radius 1 is 1.07 bits per heavy atom. The first-order valence-electron chi connectivity index (χ1n) is 8.13. The molecule has 0 bridgehead atoms. The maximum atomic E-state index is 12.3. The highest BCUT2D eigenvalue weighted by Crippen LogP contribution is 2.22. The van der Waals surface area contributed by atoms with E-state index in [1.807, 2.05) is 0 Å². The second-order valence-electron chi connectivity index (χ2n) is 5.76. The second kappa shape index (κ2) is 7.99. The van der Waals surface area contributed by atoms with Crippen molar-refractivity contribution >= 4 is 5.91 Å². The van der Waals surface area contributed by atoms with Crippen LogP contribution < -0.4 is 15.7 Å². The summed E-state index contributed by atoms with van der Waals surface area (Å²) in [5.41, 5.74) is 0.693. The Kier molecular flexibility index (Phi) is 5.48. The third-order valence-electron chi connectivity index (χ3n) is 3.69. The van der Waals surface area contributed by atoms with Crippen LogP contribution in [0.3, 0.4) is 0 Å². The first kappa shape index (κ1) is 19.2. The number of amides is 1. The van der Waals surface area contributed by atoms with Crippen molar-refractivity contribution in [2.24, 2.45) is 0 Å². The van der Waals surface area contributed by atoms with Crippen LogP contribution in [0, 0.1) is 0 Å². The van der Waals surface area contributed by atoms with E-state index >= 15 is 0 Å². The average Bonchev–Trinajstić information content (AvgIpc) is 3.01. The van der Waals surface area contributed by atoms with Gasteiger partial charge in [0.15, 0.2) is 0 Å². The van der Waals surface area contributed by atoms with Crippen LogP contribution in [0.15, 0.2) is 65.7 Å². The molecule has 1 N–H and O–H groups in total. The summed E-state index contributed by atoms with van der Waals surface area (Å²) in [7, 11) is 0. The highest BCUT2D eigenvalue weighted by atomic mass is 19.4. The number of benzene rings is 2. The van der Waals surface area contributed by atoms with Gasteiger partial charge in [-0.1, -0.05) is 30.3 Å². The van der Waals surface area contributed by atoms with Crippen molar-refractivity contribution in [3.05, 3.63) is 77.0 Å². The molecule has 2 aromatic carbocycles. The summed E-state index contributed by atoms with van der Waals surface area (Å²) >= 11 is 0. The van der Waals surface area contributed by atoms with Gasteiger partial charge in [-0.3, -0.25) is 9.36 Å². The summed E-state index contributed by atoms with van der Waals surface area (Å²) < 4.78 is 42.5. The van der Waals surface area contributed by atoms with E-state index < -0.39 is 18.0 Å². The molecule has 0 aliphatic rings. The molecule has 0 radical (unpaired) electrons. The Morgan fingerprint density at radius 3 is 2.39 bits per heavy atom.